The number of amides is 1. The van der Waals surface area contributed by atoms with Gasteiger partial charge in [0.05, 0.1) is 18.8 Å². The molecule has 0 fully saturated rings. The first-order valence-corrected chi connectivity index (χ1v) is 4.92. The SMILES string of the molecule is CC(CO)(CO)NC(=O)c1c(F)cccc1F. The Hall–Kier alpha value is -1.53. The van der Waals surface area contributed by atoms with Crippen molar-refractivity contribution in [3.05, 3.63) is 35.4 Å². The van der Waals surface area contributed by atoms with Crippen LogP contribution in [0.1, 0.15) is 17.3 Å². The van der Waals surface area contributed by atoms with E-state index in [1.165, 1.54) is 6.92 Å². The second-order valence-electron chi connectivity index (χ2n) is 3.93. The minimum atomic E-state index is -1.33. The summed E-state index contributed by atoms with van der Waals surface area (Å²) >= 11 is 0. The molecular formula is C11H13F2NO3. The van der Waals surface area contributed by atoms with E-state index < -0.39 is 41.9 Å². The molecule has 0 atom stereocenters. The molecule has 3 N–H and O–H groups in total. The van der Waals surface area contributed by atoms with Crippen LogP contribution in [0, 0.1) is 11.6 Å². The van der Waals surface area contributed by atoms with E-state index in [1.54, 1.807) is 0 Å². The number of carbonyl (C=O) groups excluding carboxylic acids is 1. The Kier molecular flexibility index (Phi) is 4.14. The molecule has 0 aromatic heterocycles. The number of rotatable bonds is 4. The maximum absolute atomic E-state index is 13.3. The highest BCUT2D eigenvalue weighted by Crippen LogP contribution is 2.13. The van der Waals surface area contributed by atoms with Gasteiger partial charge in [-0.1, -0.05) is 6.07 Å². The quantitative estimate of drug-likeness (QED) is 0.720. The van der Waals surface area contributed by atoms with E-state index in [1.807, 2.05) is 0 Å². The summed E-state index contributed by atoms with van der Waals surface area (Å²) in [7, 11) is 0. The van der Waals surface area contributed by atoms with Crippen molar-refractivity contribution in [2.75, 3.05) is 13.2 Å². The lowest BCUT2D eigenvalue weighted by Crippen LogP contribution is -2.52. The zero-order valence-electron chi connectivity index (χ0n) is 9.20. The Morgan fingerprint density at radius 3 is 2.18 bits per heavy atom. The Labute approximate surface area is 96.9 Å². The zero-order valence-corrected chi connectivity index (χ0v) is 9.20. The molecular weight excluding hydrogens is 232 g/mol. The van der Waals surface area contributed by atoms with Crippen molar-refractivity contribution in [1.82, 2.24) is 5.32 Å². The Balaban J connectivity index is 2.98. The molecule has 0 heterocycles. The molecule has 0 radical (unpaired) electrons. The van der Waals surface area contributed by atoms with Gasteiger partial charge in [-0.15, -0.1) is 0 Å². The van der Waals surface area contributed by atoms with Crippen LogP contribution < -0.4 is 5.32 Å². The number of aliphatic hydroxyl groups excluding tert-OH is 2. The predicted octanol–water partition coefficient (Wildman–Crippen LogP) is 0.438. The number of nitrogens with one attached hydrogen (secondary N) is 1. The third-order valence-electron chi connectivity index (χ3n) is 2.30. The topological polar surface area (TPSA) is 69.6 Å². The average molecular weight is 245 g/mol. The molecule has 0 saturated heterocycles. The molecule has 1 rings (SSSR count). The summed E-state index contributed by atoms with van der Waals surface area (Å²) in [6.45, 7) is 0.250. The monoisotopic (exact) mass is 245 g/mol. The van der Waals surface area contributed by atoms with Gasteiger partial charge in [0.1, 0.15) is 17.2 Å². The summed E-state index contributed by atoms with van der Waals surface area (Å²) in [6, 6.07) is 3.04. The number of benzene rings is 1. The van der Waals surface area contributed by atoms with E-state index in [0.717, 1.165) is 18.2 Å². The van der Waals surface area contributed by atoms with Crippen molar-refractivity contribution in [3.63, 3.8) is 0 Å². The summed E-state index contributed by atoms with van der Waals surface area (Å²) in [6.07, 6.45) is 0. The maximum Gasteiger partial charge on any atom is 0.257 e. The molecule has 0 unspecified atom stereocenters. The summed E-state index contributed by atoms with van der Waals surface area (Å²) in [4.78, 5) is 11.6. The van der Waals surface area contributed by atoms with Gasteiger partial charge in [-0.25, -0.2) is 8.78 Å². The van der Waals surface area contributed by atoms with Crippen molar-refractivity contribution in [2.45, 2.75) is 12.5 Å². The lowest BCUT2D eigenvalue weighted by atomic mass is 10.0. The largest absolute Gasteiger partial charge is 0.394 e. The van der Waals surface area contributed by atoms with Gasteiger partial charge >= 0.3 is 0 Å². The molecule has 1 aromatic carbocycles. The molecule has 0 spiro atoms. The second kappa shape index (κ2) is 5.20. The normalized spacial score (nSPS) is 11.4. The first-order chi connectivity index (χ1) is 7.93. The number of carbonyl (C=O) groups is 1. The predicted molar refractivity (Wildman–Crippen MR) is 56.4 cm³/mol. The van der Waals surface area contributed by atoms with Crippen molar-refractivity contribution >= 4 is 5.91 Å². The molecule has 4 nitrogen and oxygen atoms in total. The highest BCUT2D eigenvalue weighted by molar-refractivity contribution is 5.95. The van der Waals surface area contributed by atoms with E-state index in [4.69, 9.17) is 10.2 Å². The summed E-state index contributed by atoms with van der Waals surface area (Å²) in [5, 5.41) is 20.1. The van der Waals surface area contributed by atoms with Crippen LogP contribution >= 0.6 is 0 Å². The third kappa shape index (κ3) is 2.98. The van der Waals surface area contributed by atoms with Crippen LogP contribution in [0.25, 0.3) is 0 Å². The van der Waals surface area contributed by atoms with Gasteiger partial charge in [-0.2, -0.15) is 0 Å². The molecule has 0 aliphatic heterocycles. The fourth-order valence-corrected chi connectivity index (χ4v) is 1.18. The van der Waals surface area contributed by atoms with Crippen molar-refractivity contribution in [3.8, 4) is 0 Å². The van der Waals surface area contributed by atoms with Gasteiger partial charge in [0.2, 0.25) is 0 Å². The van der Waals surface area contributed by atoms with E-state index in [-0.39, 0.29) is 0 Å². The molecule has 0 aliphatic rings. The minimum Gasteiger partial charge on any atom is -0.394 e. The van der Waals surface area contributed by atoms with Crippen LogP contribution in [-0.4, -0.2) is 34.9 Å². The summed E-state index contributed by atoms with van der Waals surface area (Å²) < 4.78 is 26.5. The fraction of sp³-hybridized carbons (Fsp3) is 0.364. The zero-order chi connectivity index (χ0) is 13.1. The van der Waals surface area contributed by atoms with E-state index in [0.29, 0.717) is 0 Å². The molecule has 6 heteroatoms. The standard InChI is InChI=1S/C11H13F2NO3/c1-11(5-15,6-16)14-10(17)9-7(12)3-2-4-8(9)13/h2-4,15-16H,5-6H2,1H3,(H,14,17). The molecule has 1 aromatic rings. The second-order valence-corrected chi connectivity index (χ2v) is 3.93. The number of halogens is 2. The lowest BCUT2D eigenvalue weighted by molar-refractivity contribution is 0.0716. The first-order valence-electron chi connectivity index (χ1n) is 4.92. The van der Waals surface area contributed by atoms with E-state index in [2.05, 4.69) is 5.32 Å². The van der Waals surface area contributed by atoms with Crippen LogP contribution in [0.2, 0.25) is 0 Å². The van der Waals surface area contributed by atoms with E-state index in [9.17, 15) is 13.6 Å². The lowest BCUT2D eigenvalue weighted by Gasteiger charge is -2.26. The number of hydrogen-bond donors (Lipinski definition) is 3. The Bertz CT molecular complexity index is 399. The first kappa shape index (κ1) is 13.5. The Morgan fingerprint density at radius 1 is 1.29 bits per heavy atom. The van der Waals surface area contributed by atoms with Crippen LogP contribution in [0.15, 0.2) is 18.2 Å². The van der Waals surface area contributed by atoms with Gasteiger partial charge < -0.3 is 15.5 Å². The van der Waals surface area contributed by atoms with Gasteiger partial charge in [-0.05, 0) is 19.1 Å². The average Bonchev–Trinajstić information content (AvgIpc) is 2.28. The van der Waals surface area contributed by atoms with Crippen molar-refractivity contribution in [1.29, 1.82) is 0 Å². The smallest absolute Gasteiger partial charge is 0.257 e. The molecule has 94 valence electrons. The highest BCUT2D eigenvalue weighted by Gasteiger charge is 2.27. The van der Waals surface area contributed by atoms with E-state index >= 15 is 0 Å². The highest BCUT2D eigenvalue weighted by atomic mass is 19.1. The molecule has 0 saturated carbocycles. The molecule has 0 bridgehead atoms. The van der Waals surface area contributed by atoms with Gasteiger partial charge in [0.25, 0.3) is 5.91 Å². The van der Waals surface area contributed by atoms with Gasteiger partial charge in [0, 0.05) is 0 Å². The van der Waals surface area contributed by atoms with Crippen LogP contribution in [0.3, 0.4) is 0 Å². The third-order valence-corrected chi connectivity index (χ3v) is 2.30. The molecule has 17 heavy (non-hydrogen) atoms. The summed E-state index contributed by atoms with van der Waals surface area (Å²) in [5.74, 6) is -3.02. The van der Waals surface area contributed by atoms with Crippen molar-refractivity contribution < 1.29 is 23.8 Å². The van der Waals surface area contributed by atoms with Crippen molar-refractivity contribution in [2.24, 2.45) is 0 Å². The number of hydrogen-bond acceptors (Lipinski definition) is 3. The Morgan fingerprint density at radius 2 is 1.76 bits per heavy atom. The van der Waals surface area contributed by atoms with Crippen LogP contribution in [0.5, 0.6) is 0 Å². The van der Waals surface area contributed by atoms with Crippen LogP contribution in [0.4, 0.5) is 8.78 Å². The minimum absolute atomic E-state index is 0.550. The van der Waals surface area contributed by atoms with Gasteiger partial charge in [-0.3, -0.25) is 4.79 Å². The maximum atomic E-state index is 13.3. The fourth-order valence-electron chi connectivity index (χ4n) is 1.18. The number of aliphatic hydroxyl groups is 2. The van der Waals surface area contributed by atoms with Crippen LogP contribution in [-0.2, 0) is 0 Å². The van der Waals surface area contributed by atoms with Gasteiger partial charge in [0.15, 0.2) is 0 Å². The molecule has 1 amide bonds. The molecule has 0 aliphatic carbocycles. The summed E-state index contributed by atoms with van der Waals surface area (Å²) in [5.41, 5.74) is -2.06.